The van der Waals surface area contributed by atoms with Gasteiger partial charge in [-0.1, -0.05) is 30.3 Å². The highest BCUT2D eigenvalue weighted by molar-refractivity contribution is 6.07. The van der Waals surface area contributed by atoms with Gasteiger partial charge in [0.15, 0.2) is 29.1 Å². The maximum Gasteiger partial charge on any atom is 0.251 e. The van der Waals surface area contributed by atoms with E-state index in [2.05, 4.69) is 25.3 Å². The van der Waals surface area contributed by atoms with Gasteiger partial charge in [0.2, 0.25) is 0 Å². The van der Waals surface area contributed by atoms with Gasteiger partial charge in [0.25, 0.3) is 5.91 Å². The van der Waals surface area contributed by atoms with Crippen LogP contribution in [0.4, 0.5) is 13.2 Å². The van der Waals surface area contributed by atoms with Gasteiger partial charge in [0, 0.05) is 41.9 Å². The van der Waals surface area contributed by atoms with E-state index in [0.717, 1.165) is 22.9 Å². The van der Waals surface area contributed by atoms with Crippen LogP contribution in [-0.2, 0) is 11.2 Å². The molecule has 204 valence electrons. The maximum atomic E-state index is 13.9. The third-order valence-electron chi connectivity index (χ3n) is 6.89. The summed E-state index contributed by atoms with van der Waals surface area (Å²) < 4.78 is 41.2. The van der Waals surface area contributed by atoms with Crippen molar-refractivity contribution in [3.63, 3.8) is 0 Å². The van der Waals surface area contributed by atoms with Crippen molar-refractivity contribution in [2.75, 3.05) is 0 Å². The monoisotopic (exact) mass is 553 g/mol. The number of nitrogens with one attached hydrogen (secondary N) is 2. The number of carbonyl (C=O) groups is 2. The Morgan fingerprint density at radius 2 is 1.76 bits per heavy atom. The number of pyridine rings is 1. The standard InChI is InChI=1S/C31H22F3N5O2/c32-22-10-17(11-23(33)29(22)34)12-26(28(40)15-21-6-3-9-35-21)39-31(41)19-7-8-24-25(14-19)38-30(37-24)27-13-18-4-1-2-5-20(18)16-36-27/h1-5,7-11,13-14,16,26H,6,12,15H2,(H,37,38)(H,39,41)/t26-/m0/s1. The first-order valence-electron chi connectivity index (χ1n) is 12.9. The smallest absolute Gasteiger partial charge is 0.251 e. The molecular weight excluding hydrogens is 531 g/mol. The average Bonchev–Trinajstić information content (AvgIpc) is 3.64. The fourth-order valence-electron chi connectivity index (χ4n) is 4.78. The van der Waals surface area contributed by atoms with Crippen molar-refractivity contribution in [1.82, 2.24) is 20.3 Å². The first-order valence-corrected chi connectivity index (χ1v) is 12.9. The van der Waals surface area contributed by atoms with E-state index >= 15 is 0 Å². The van der Waals surface area contributed by atoms with Crippen LogP contribution in [-0.4, -0.2) is 38.4 Å². The summed E-state index contributed by atoms with van der Waals surface area (Å²) in [5.74, 6) is -4.77. The number of hydrogen-bond acceptors (Lipinski definition) is 5. The first kappa shape index (κ1) is 26.1. The number of nitrogens with zero attached hydrogens (tertiary/aromatic N) is 3. The van der Waals surface area contributed by atoms with Gasteiger partial charge < -0.3 is 10.3 Å². The molecule has 0 aliphatic carbocycles. The Kier molecular flexibility index (Phi) is 6.88. The second-order valence-electron chi connectivity index (χ2n) is 9.76. The minimum absolute atomic E-state index is 0.0306. The van der Waals surface area contributed by atoms with E-state index in [4.69, 9.17) is 0 Å². The normalized spacial score (nSPS) is 13.5. The van der Waals surface area contributed by atoms with Crippen LogP contribution in [0.15, 0.2) is 84.1 Å². The Hall–Kier alpha value is -5.12. The number of H-pyrrole nitrogens is 1. The van der Waals surface area contributed by atoms with Gasteiger partial charge in [0.1, 0.15) is 5.69 Å². The minimum atomic E-state index is -1.60. The molecule has 1 aliphatic heterocycles. The molecule has 1 atom stereocenters. The topological polar surface area (TPSA) is 100 Å². The Morgan fingerprint density at radius 1 is 0.976 bits per heavy atom. The number of fused-ring (bicyclic) bond motifs is 2. The van der Waals surface area contributed by atoms with Gasteiger partial charge in [-0.25, -0.2) is 18.2 Å². The number of ketones is 1. The molecule has 5 aromatic rings. The zero-order chi connectivity index (χ0) is 28.5. The fraction of sp³-hybridized carbons (Fsp3) is 0.129. The number of imidazole rings is 1. The summed E-state index contributed by atoms with van der Waals surface area (Å²) in [4.78, 5) is 42.9. The summed E-state index contributed by atoms with van der Waals surface area (Å²) in [6.07, 6.45) is 5.36. The molecule has 0 saturated heterocycles. The number of rotatable bonds is 8. The van der Waals surface area contributed by atoms with Gasteiger partial charge in [-0.2, -0.15) is 0 Å². The first-order chi connectivity index (χ1) is 19.8. The number of benzene rings is 3. The molecular formula is C31H22F3N5O2. The SMILES string of the molecule is O=C(N[C@@H](Cc1cc(F)c(F)c(F)c1)C(=O)CC1=NC=CC1)c1ccc2nc(-c3cc4ccccc4cn3)[nH]c2c1. The van der Waals surface area contributed by atoms with Gasteiger partial charge >= 0.3 is 0 Å². The van der Waals surface area contributed by atoms with Crippen LogP contribution in [0.1, 0.15) is 28.8 Å². The number of carbonyl (C=O) groups excluding carboxylic acids is 2. The third-order valence-corrected chi connectivity index (χ3v) is 6.89. The lowest BCUT2D eigenvalue weighted by molar-refractivity contribution is -0.119. The highest BCUT2D eigenvalue weighted by atomic mass is 19.2. The van der Waals surface area contributed by atoms with Gasteiger partial charge in [0.05, 0.1) is 17.1 Å². The van der Waals surface area contributed by atoms with E-state index in [-0.39, 0.29) is 24.0 Å². The zero-order valence-electron chi connectivity index (χ0n) is 21.5. The number of allylic oxidation sites excluding steroid dienone is 1. The molecule has 0 unspecified atom stereocenters. The fourth-order valence-corrected chi connectivity index (χ4v) is 4.78. The molecule has 0 bridgehead atoms. The van der Waals surface area contributed by atoms with E-state index < -0.39 is 35.2 Å². The summed E-state index contributed by atoms with van der Waals surface area (Å²) >= 11 is 0. The molecule has 3 heterocycles. The van der Waals surface area contributed by atoms with E-state index in [1.165, 1.54) is 0 Å². The third kappa shape index (κ3) is 5.49. The second-order valence-corrected chi connectivity index (χ2v) is 9.76. The minimum Gasteiger partial charge on any atom is -0.342 e. The van der Waals surface area contributed by atoms with E-state index in [9.17, 15) is 22.8 Å². The quantitative estimate of drug-likeness (QED) is 0.235. The van der Waals surface area contributed by atoms with Gasteiger partial charge in [-0.3, -0.25) is 19.6 Å². The molecule has 10 heteroatoms. The van der Waals surface area contributed by atoms with Crippen LogP contribution in [0.2, 0.25) is 0 Å². The number of aromatic amines is 1. The van der Waals surface area contributed by atoms with Crippen molar-refractivity contribution in [2.24, 2.45) is 4.99 Å². The predicted octanol–water partition coefficient (Wildman–Crippen LogP) is 5.85. The Labute approximate surface area is 231 Å². The lowest BCUT2D eigenvalue weighted by Gasteiger charge is -2.18. The van der Waals surface area contributed by atoms with E-state index in [0.29, 0.717) is 34.7 Å². The second kappa shape index (κ2) is 10.8. The zero-order valence-corrected chi connectivity index (χ0v) is 21.5. The summed E-state index contributed by atoms with van der Waals surface area (Å²) in [7, 11) is 0. The Balaban J connectivity index is 1.25. The van der Waals surface area contributed by atoms with Crippen LogP contribution in [0, 0.1) is 17.5 Å². The molecule has 7 nitrogen and oxygen atoms in total. The predicted molar refractivity (Wildman–Crippen MR) is 149 cm³/mol. The molecule has 0 fully saturated rings. The van der Waals surface area contributed by atoms with Gasteiger partial charge in [-0.15, -0.1) is 0 Å². The van der Waals surface area contributed by atoms with E-state index in [1.54, 1.807) is 36.7 Å². The molecule has 1 amide bonds. The molecule has 3 aromatic carbocycles. The average molecular weight is 554 g/mol. The Morgan fingerprint density at radius 3 is 2.51 bits per heavy atom. The Bertz CT molecular complexity index is 1870. The van der Waals surface area contributed by atoms with Crippen LogP contribution in [0.3, 0.4) is 0 Å². The lowest BCUT2D eigenvalue weighted by atomic mass is 9.97. The number of hydrogen-bond donors (Lipinski definition) is 2. The van der Waals surface area contributed by atoms with Crippen molar-refractivity contribution in [2.45, 2.75) is 25.3 Å². The van der Waals surface area contributed by atoms with Crippen molar-refractivity contribution in [3.8, 4) is 11.5 Å². The number of aromatic nitrogens is 3. The molecule has 1 aliphatic rings. The molecule has 6 rings (SSSR count). The highest BCUT2D eigenvalue weighted by Crippen LogP contribution is 2.23. The highest BCUT2D eigenvalue weighted by Gasteiger charge is 2.25. The van der Waals surface area contributed by atoms with Crippen molar-refractivity contribution >= 4 is 39.2 Å². The maximum absolute atomic E-state index is 13.9. The number of amides is 1. The summed E-state index contributed by atoms with van der Waals surface area (Å²) in [5, 5.41) is 4.69. The number of Topliss-reactive ketones (excluding diaryl/α,β-unsaturated/α-hetero) is 1. The number of aliphatic imine (C=N–C) groups is 1. The number of halogens is 3. The lowest BCUT2D eigenvalue weighted by Crippen LogP contribution is -2.43. The van der Waals surface area contributed by atoms with Crippen LogP contribution < -0.4 is 5.32 Å². The molecule has 2 aromatic heterocycles. The van der Waals surface area contributed by atoms with Crippen molar-refractivity contribution in [1.29, 1.82) is 0 Å². The molecule has 2 N–H and O–H groups in total. The van der Waals surface area contributed by atoms with Gasteiger partial charge in [-0.05, 0) is 53.8 Å². The van der Waals surface area contributed by atoms with Crippen LogP contribution in [0.25, 0.3) is 33.3 Å². The summed E-state index contributed by atoms with van der Waals surface area (Å²) in [5.41, 5.74) is 2.72. The van der Waals surface area contributed by atoms with E-state index in [1.807, 2.05) is 30.3 Å². The van der Waals surface area contributed by atoms with Crippen molar-refractivity contribution < 1.29 is 22.8 Å². The largest absolute Gasteiger partial charge is 0.342 e. The molecule has 0 spiro atoms. The summed E-state index contributed by atoms with van der Waals surface area (Å²) in [6, 6.07) is 15.1. The van der Waals surface area contributed by atoms with Crippen LogP contribution in [0.5, 0.6) is 0 Å². The van der Waals surface area contributed by atoms with Crippen molar-refractivity contribution in [3.05, 3.63) is 108 Å². The molecule has 41 heavy (non-hydrogen) atoms. The molecule has 0 radical (unpaired) electrons. The van der Waals surface area contributed by atoms with Crippen LogP contribution >= 0.6 is 0 Å². The summed E-state index contributed by atoms with van der Waals surface area (Å²) in [6.45, 7) is 0. The molecule has 0 saturated carbocycles.